The summed E-state index contributed by atoms with van der Waals surface area (Å²) in [5.74, 6) is 0.362. The van der Waals surface area contributed by atoms with Gasteiger partial charge in [-0.1, -0.05) is 22.0 Å². The molecule has 1 rings (SSSR count). The number of hydrogen-bond acceptors (Lipinski definition) is 4. The third kappa shape index (κ3) is 4.84. The van der Waals surface area contributed by atoms with Gasteiger partial charge >= 0.3 is 5.97 Å². The number of carbonyl (C=O) groups is 1. The lowest BCUT2D eigenvalue weighted by Gasteiger charge is -2.15. The van der Waals surface area contributed by atoms with E-state index >= 15 is 0 Å². The fourth-order valence-electron chi connectivity index (χ4n) is 1.50. The zero-order chi connectivity index (χ0) is 12.8. The molecule has 0 aromatic heterocycles. The maximum absolute atomic E-state index is 11.3. The second-order valence-corrected chi connectivity index (χ2v) is 4.42. The summed E-state index contributed by atoms with van der Waals surface area (Å²) >= 11 is 3.35. The molecule has 0 radical (unpaired) electrons. The summed E-state index contributed by atoms with van der Waals surface area (Å²) in [6.45, 7) is 2.13. The van der Waals surface area contributed by atoms with Crippen LogP contribution in [0.25, 0.3) is 0 Å². The Balaban J connectivity index is 0.00000289. The van der Waals surface area contributed by atoms with Crippen LogP contribution < -0.4 is 10.5 Å². The number of methoxy groups -OCH3 is 1. The SMILES string of the molecule is CCOC(=O)C[C@@H](N)c1ccc(Br)cc1OC.Cl. The van der Waals surface area contributed by atoms with Crippen molar-refractivity contribution in [2.45, 2.75) is 19.4 Å². The molecule has 0 saturated carbocycles. The minimum Gasteiger partial charge on any atom is -0.496 e. The monoisotopic (exact) mass is 337 g/mol. The zero-order valence-corrected chi connectivity index (χ0v) is 12.7. The third-order valence-electron chi connectivity index (χ3n) is 2.29. The van der Waals surface area contributed by atoms with Crippen LogP contribution in [0.2, 0.25) is 0 Å². The van der Waals surface area contributed by atoms with Gasteiger partial charge in [0.2, 0.25) is 0 Å². The van der Waals surface area contributed by atoms with Crippen LogP contribution in [0.15, 0.2) is 22.7 Å². The fourth-order valence-corrected chi connectivity index (χ4v) is 1.84. The standard InChI is InChI=1S/C12H16BrNO3.ClH/c1-3-17-12(15)7-10(14)9-5-4-8(13)6-11(9)16-2;/h4-6,10H,3,7,14H2,1-2H3;1H/t10-;/m1./s1. The van der Waals surface area contributed by atoms with Crippen molar-refractivity contribution in [1.82, 2.24) is 0 Å². The molecule has 18 heavy (non-hydrogen) atoms. The summed E-state index contributed by atoms with van der Waals surface area (Å²) in [6, 6.07) is 5.10. The molecule has 0 aliphatic rings. The Morgan fingerprint density at radius 3 is 2.72 bits per heavy atom. The highest BCUT2D eigenvalue weighted by atomic mass is 79.9. The van der Waals surface area contributed by atoms with Gasteiger partial charge in [-0.15, -0.1) is 12.4 Å². The van der Waals surface area contributed by atoms with Crippen LogP contribution in [0.5, 0.6) is 5.75 Å². The Morgan fingerprint density at radius 2 is 2.17 bits per heavy atom. The highest BCUT2D eigenvalue weighted by molar-refractivity contribution is 9.10. The summed E-state index contributed by atoms with van der Waals surface area (Å²) < 4.78 is 11.0. The number of benzene rings is 1. The van der Waals surface area contributed by atoms with Gasteiger partial charge in [-0.2, -0.15) is 0 Å². The van der Waals surface area contributed by atoms with Crippen molar-refractivity contribution >= 4 is 34.3 Å². The lowest BCUT2D eigenvalue weighted by Crippen LogP contribution is -2.17. The largest absolute Gasteiger partial charge is 0.496 e. The van der Waals surface area contributed by atoms with Crippen LogP contribution in [0, 0.1) is 0 Å². The number of rotatable bonds is 5. The Morgan fingerprint density at radius 1 is 1.50 bits per heavy atom. The molecule has 0 aliphatic heterocycles. The van der Waals surface area contributed by atoms with Gasteiger partial charge in [-0.25, -0.2) is 0 Å². The Labute approximate surface area is 121 Å². The Hall–Kier alpha value is -0.780. The molecule has 0 unspecified atom stereocenters. The number of halogens is 2. The van der Waals surface area contributed by atoms with E-state index in [-0.39, 0.29) is 24.8 Å². The summed E-state index contributed by atoms with van der Waals surface area (Å²) in [5, 5.41) is 0. The molecule has 0 heterocycles. The van der Waals surface area contributed by atoms with Crippen LogP contribution in [-0.4, -0.2) is 19.7 Å². The summed E-state index contributed by atoms with van der Waals surface area (Å²) in [4.78, 5) is 11.3. The quantitative estimate of drug-likeness (QED) is 0.839. The molecule has 1 aromatic carbocycles. The minimum absolute atomic E-state index is 0. The molecule has 2 N–H and O–H groups in total. The molecule has 1 aromatic rings. The molecule has 0 aliphatic carbocycles. The third-order valence-corrected chi connectivity index (χ3v) is 2.78. The van der Waals surface area contributed by atoms with E-state index in [1.54, 1.807) is 14.0 Å². The summed E-state index contributed by atoms with van der Waals surface area (Å²) in [7, 11) is 1.57. The van der Waals surface area contributed by atoms with Crippen LogP contribution >= 0.6 is 28.3 Å². The van der Waals surface area contributed by atoms with E-state index < -0.39 is 6.04 Å². The average Bonchev–Trinajstić information content (AvgIpc) is 2.28. The highest BCUT2D eigenvalue weighted by Gasteiger charge is 2.16. The van der Waals surface area contributed by atoms with Crippen molar-refractivity contribution < 1.29 is 14.3 Å². The van der Waals surface area contributed by atoms with Crippen molar-refractivity contribution in [3.8, 4) is 5.75 Å². The second kappa shape index (κ2) is 8.34. The Kier molecular flexibility index (Phi) is 7.98. The van der Waals surface area contributed by atoms with Gasteiger partial charge in [-0.05, 0) is 19.1 Å². The number of carbonyl (C=O) groups excluding carboxylic acids is 1. The van der Waals surface area contributed by atoms with Gasteiger partial charge in [0.25, 0.3) is 0 Å². The molecule has 102 valence electrons. The predicted octanol–water partition coefficient (Wildman–Crippen LogP) is 2.83. The molecule has 6 heteroatoms. The maximum atomic E-state index is 11.3. The van der Waals surface area contributed by atoms with E-state index in [2.05, 4.69) is 15.9 Å². The molecule has 0 saturated heterocycles. The van der Waals surface area contributed by atoms with E-state index in [1.165, 1.54) is 0 Å². The molecular weight excluding hydrogens is 321 g/mol. The first-order chi connectivity index (χ1) is 8.08. The van der Waals surface area contributed by atoms with E-state index in [0.717, 1.165) is 10.0 Å². The van der Waals surface area contributed by atoms with Crippen molar-refractivity contribution in [3.05, 3.63) is 28.2 Å². The first kappa shape index (κ1) is 17.2. The number of esters is 1. The van der Waals surface area contributed by atoms with Crippen molar-refractivity contribution in [2.75, 3.05) is 13.7 Å². The van der Waals surface area contributed by atoms with E-state index in [0.29, 0.717) is 12.4 Å². The smallest absolute Gasteiger partial charge is 0.307 e. The van der Waals surface area contributed by atoms with E-state index in [4.69, 9.17) is 15.2 Å². The number of nitrogens with two attached hydrogens (primary N) is 1. The highest BCUT2D eigenvalue weighted by Crippen LogP contribution is 2.29. The molecule has 0 amide bonds. The van der Waals surface area contributed by atoms with Crippen molar-refractivity contribution in [3.63, 3.8) is 0 Å². The lowest BCUT2D eigenvalue weighted by molar-refractivity contribution is -0.143. The lowest BCUT2D eigenvalue weighted by atomic mass is 10.0. The molecule has 0 bridgehead atoms. The molecule has 0 fully saturated rings. The van der Waals surface area contributed by atoms with Crippen LogP contribution in [-0.2, 0) is 9.53 Å². The summed E-state index contributed by atoms with van der Waals surface area (Å²) in [6.07, 6.45) is 0.145. The van der Waals surface area contributed by atoms with Gasteiger partial charge in [0, 0.05) is 16.1 Å². The predicted molar refractivity (Wildman–Crippen MR) is 76.1 cm³/mol. The molecular formula is C12H17BrClNO3. The van der Waals surface area contributed by atoms with Gasteiger partial charge < -0.3 is 15.2 Å². The summed E-state index contributed by atoms with van der Waals surface area (Å²) in [5.41, 5.74) is 6.75. The van der Waals surface area contributed by atoms with Gasteiger partial charge in [0.05, 0.1) is 20.1 Å². The van der Waals surface area contributed by atoms with E-state index in [9.17, 15) is 4.79 Å². The van der Waals surface area contributed by atoms with E-state index in [1.807, 2.05) is 18.2 Å². The molecule has 0 spiro atoms. The van der Waals surface area contributed by atoms with Gasteiger partial charge in [-0.3, -0.25) is 4.79 Å². The Bertz CT molecular complexity index is 401. The topological polar surface area (TPSA) is 61.5 Å². The van der Waals surface area contributed by atoms with Gasteiger partial charge in [0.1, 0.15) is 5.75 Å². The average molecular weight is 339 g/mol. The van der Waals surface area contributed by atoms with Crippen LogP contribution in [0.1, 0.15) is 24.9 Å². The first-order valence-electron chi connectivity index (χ1n) is 5.33. The van der Waals surface area contributed by atoms with Crippen LogP contribution in [0.3, 0.4) is 0 Å². The zero-order valence-electron chi connectivity index (χ0n) is 10.3. The van der Waals surface area contributed by atoms with Crippen LogP contribution in [0.4, 0.5) is 0 Å². The van der Waals surface area contributed by atoms with Crippen molar-refractivity contribution in [2.24, 2.45) is 5.73 Å². The van der Waals surface area contributed by atoms with Crippen molar-refractivity contribution in [1.29, 1.82) is 0 Å². The van der Waals surface area contributed by atoms with Gasteiger partial charge in [0.15, 0.2) is 0 Å². The molecule has 4 nitrogen and oxygen atoms in total. The number of hydrogen-bond donors (Lipinski definition) is 1. The fraction of sp³-hybridized carbons (Fsp3) is 0.417. The number of ether oxygens (including phenoxy) is 2. The minimum atomic E-state index is -0.419. The normalized spacial score (nSPS) is 11.3. The first-order valence-corrected chi connectivity index (χ1v) is 6.12. The second-order valence-electron chi connectivity index (χ2n) is 3.50. The maximum Gasteiger partial charge on any atom is 0.307 e. The molecule has 1 atom stereocenters.